The molecule has 3 aromatic rings. The van der Waals surface area contributed by atoms with Crippen molar-refractivity contribution in [2.45, 2.75) is 51.7 Å². The fourth-order valence-electron chi connectivity index (χ4n) is 5.45. The number of nitrogens with one attached hydrogen (secondary N) is 1. The van der Waals surface area contributed by atoms with Crippen molar-refractivity contribution in [2.24, 2.45) is 5.92 Å². The van der Waals surface area contributed by atoms with E-state index in [0.29, 0.717) is 5.56 Å². The second-order valence-electron chi connectivity index (χ2n) is 9.83. The molecule has 2 fully saturated rings. The number of likely N-dealkylation sites (tertiary alicyclic amines) is 1. The molecule has 174 valence electrons. The Morgan fingerprint density at radius 3 is 2.67 bits per heavy atom. The molecule has 1 aromatic carbocycles. The SMILES string of the molecule is COc1cc(C(=O)N2CCCCC2)cc2c1N(C)C(c1cc3cc(C)sc3n1CC1CC1)N2. The van der Waals surface area contributed by atoms with Crippen LogP contribution >= 0.6 is 11.3 Å². The summed E-state index contributed by atoms with van der Waals surface area (Å²) in [5.74, 6) is 1.65. The number of hydrogen-bond donors (Lipinski definition) is 1. The first-order chi connectivity index (χ1) is 16.0. The highest BCUT2D eigenvalue weighted by Crippen LogP contribution is 2.48. The predicted octanol–water partition coefficient (Wildman–Crippen LogP) is 5.62. The molecule has 0 spiro atoms. The molecule has 1 unspecified atom stereocenters. The van der Waals surface area contributed by atoms with Gasteiger partial charge in [-0.15, -0.1) is 11.3 Å². The average molecular weight is 465 g/mol. The Morgan fingerprint density at radius 2 is 1.94 bits per heavy atom. The number of nitrogens with zero attached hydrogens (tertiary/aromatic N) is 3. The van der Waals surface area contributed by atoms with Crippen molar-refractivity contribution >= 4 is 38.8 Å². The van der Waals surface area contributed by atoms with Crippen LogP contribution < -0.4 is 15.0 Å². The Labute approximate surface area is 199 Å². The number of aromatic nitrogens is 1. The first-order valence-electron chi connectivity index (χ1n) is 12.1. The maximum Gasteiger partial charge on any atom is 0.254 e. The van der Waals surface area contributed by atoms with Gasteiger partial charge in [0.25, 0.3) is 5.91 Å². The van der Waals surface area contributed by atoms with Gasteiger partial charge in [0, 0.05) is 42.5 Å². The summed E-state index contributed by atoms with van der Waals surface area (Å²) in [5.41, 5.74) is 3.99. The van der Waals surface area contributed by atoms with Gasteiger partial charge in [-0.2, -0.15) is 0 Å². The van der Waals surface area contributed by atoms with Crippen molar-refractivity contribution in [3.8, 4) is 5.75 Å². The van der Waals surface area contributed by atoms with E-state index < -0.39 is 0 Å². The first kappa shape index (κ1) is 20.9. The molecule has 3 aliphatic rings. The number of amides is 1. The lowest BCUT2D eigenvalue weighted by Crippen LogP contribution is -2.35. The number of hydrogen-bond acceptors (Lipinski definition) is 5. The summed E-state index contributed by atoms with van der Waals surface area (Å²) in [6, 6.07) is 8.58. The zero-order valence-corrected chi connectivity index (χ0v) is 20.5. The average Bonchev–Trinajstić information content (AvgIpc) is 3.38. The Kier molecular flexibility index (Phi) is 5.05. The van der Waals surface area contributed by atoms with Gasteiger partial charge in [0.2, 0.25) is 0 Å². The van der Waals surface area contributed by atoms with Crippen LogP contribution in [0.3, 0.4) is 0 Å². The number of carbonyl (C=O) groups is 1. The minimum absolute atomic E-state index is 0.00731. The number of aryl methyl sites for hydroxylation is 1. The molecule has 0 bridgehead atoms. The van der Waals surface area contributed by atoms with Crippen molar-refractivity contribution in [3.05, 3.63) is 40.4 Å². The Bertz CT molecular complexity index is 1220. The van der Waals surface area contributed by atoms with Crippen LogP contribution in [0.1, 0.15) is 59.2 Å². The highest BCUT2D eigenvalue weighted by Gasteiger charge is 2.35. The van der Waals surface area contributed by atoms with Crippen molar-refractivity contribution in [1.82, 2.24) is 9.47 Å². The lowest BCUT2D eigenvalue weighted by atomic mass is 10.1. The van der Waals surface area contributed by atoms with Gasteiger partial charge in [0.1, 0.15) is 22.4 Å². The number of rotatable bonds is 5. The fourth-order valence-corrected chi connectivity index (χ4v) is 6.47. The number of benzene rings is 1. The smallest absolute Gasteiger partial charge is 0.254 e. The molecule has 6 nitrogen and oxygen atoms in total. The second kappa shape index (κ2) is 7.97. The minimum Gasteiger partial charge on any atom is -0.494 e. The molecule has 1 atom stereocenters. The molecule has 7 heteroatoms. The predicted molar refractivity (Wildman–Crippen MR) is 135 cm³/mol. The van der Waals surface area contributed by atoms with Gasteiger partial charge in [0.05, 0.1) is 18.5 Å². The van der Waals surface area contributed by atoms with E-state index in [1.165, 1.54) is 40.1 Å². The lowest BCUT2D eigenvalue weighted by Gasteiger charge is -2.27. The van der Waals surface area contributed by atoms with Crippen molar-refractivity contribution in [1.29, 1.82) is 0 Å². The van der Waals surface area contributed by atoms with Crippen LogP contribution in [0.25, 0.3) is 10.2 Å². The van der Waals surface area contributed by atoms with Crippen LogP contribution in [0.4, 0.5) is 11.4 Å². The molecule has 1 aliphatic carbocycles. The van der Waals surface area contributed by atoms with Crippen molar-refractivity contribution < 1.29 is 9.53 Å². The molecule has 4 heterocycles. The number of ether oxygens (including phenoxy) is 1. The first-order valence-corrected chi connectivity index (χ1v) is 13.0. The molecular weight excluding hydrogens is 432 g/mol. The maximum absolute atomic E-state index is 13.2. The third kappa shape index (κ3) is 3.57. The molecule has 0 radical (unpaired) electrons. The van der Waals surface area contributed by atoms with Gasteiger partial charge in [-0.3, -0.25) is 4.79 Å². The summed E-state index contributed by atoms with van der Waals surface area (Å²) < 4.78 is 8.32. The van der Waals surface area contributed by atoms with E-state index in [1.54, 1.807) is 7.11 Å². The Hall–Kier alpha value is -2.67. The molecule has 1 N–H and O–H groups in total. The van der Waals surface area contributed by atoms with E-state index in [9.17, 15) is 4.79 Å². The van der Waals surface area contributed by atoms with Crippen molar-refractivity contribution in [2.75, 3.05) is 37.5 Å². The minimum atomic E-state index is 0.00731. The maximum atomic E-state index is 13.2. The van der Waals surface area contributed by atoms with Gasteiger partial charge in [0.15, 0.2) is 0 Å². The molecule has 33 heavy (non-hydrogen) atoms. The van der Waals surface area contributed by atoms with Crippen LogP contribution in [-0.2, 0) is 6.54 Å². The molecular formula is C26H32N4O2S. The summed E-state index contributed by atoms with van der Waals surface area (Å²) >= 11 is 1.88. The van der Waals surface area contributed by atoms with Gasteiger partial charge in [-0.1, -0.05) is 0 Å². The largest absolute Gasteiger partial charge is 0.494 e. The number of piperidine rings is 1. The highest BCUT2D eigenvalue weighted by atomic mass is 32.1. The summed E-state index contributed by atoms with van der Waals surface area (Å²) in [6.07, 6.45) is 6.05. The van der Waals surface area contributed by atoms with E-state index in [1.807, 2.05) is 28.4 Å². The third-order valence-corrected chi connectivity index (χ3v) is 8.45. The molecule has 2 aliphatic heterocycles. The lowest BCUT2D eigenvalue weighted by molar-refractivity contribution is 0.0724. The van der Waals surface area contributed by atoms with Gasteiger partial charge >= 0.3 is 0 Å². The second-order valence-corrected chi connectivity index (χ2v) is 11.1. The zero-order chi connectivity index (χ0) is 22.7. The summed E-state index contributed by atoms with van der Waals surface area (Å²) in [5, 5.41) is 5.06. The van der Waals surface area contributed by atoms with E-state index in [-0.39, 0.29) is 12.1 Å². The monoisotopic (exact) mass is 464 g/mol. The summed E-state index contributed by atoms with van der Waals surface area (Å²) in [4.78, 5) is 20.2. The van der Waals surface area contributed by atoms with E-state index >= 15 is 0 Å². The summed E-state index contributed by atoms with van der Waals surface area (Å²) in [6.45, 7) is 4.96. The molecule has 1 saturated carbocycles. The van der Waals surface area contributed by atoms with Crippen LogP contribution in [0.15, 0.2) is 24.3 Å². The van der Waals surface area contributed by atoms with E-state index in [0.717, 1.165) is 55.5 Å². The number of fused-ring (bicyclic) bond motifs is 2. The fraction of sp³-hybridized carbons (Fsp3) is 0.500. The number of anilines is 2. The zero-order valence-electron chi connectivity index (χ0n) is 19.7. The van der Waals surface area contributed by atoms with Crippen LogP contribution in [0, 0.1) is 12.8 Å². The molecule has 2 aromatic heterocycles. The van der Waals surface area contributed by atoms with E-state index in [4.69, 9.17) is 4.74 Å². The quantitative estimate of drug-likeness (QED) is 0.533. The van der Waals surface area contributed by atoms with Crippen LogP contribution in [-0.4, -0.2) is 42.6 Å². The van der Waals surface area contributed by atoms with Crippen molar-refractivity contribution in [3.63, 3.8) is 0 Å². The standard InChI is InChI=1S/C26H32N4O2S/c1-16-11-19-13-21(30(26(19)33-16)15-17-7-8-17)24-27-20-12-18(14-22(32-3)23(20)28(24)2)25(31)29-9-5-4-6-10-29/h11-14,17,24,27H,4-10,15H2,1-3H3. The Balaban J connectivity index is 1.37. The Morgan fingerprint density at radius 1 is 1.15 bits per heavy atom. The highest BCUT2D eigenvalue weighted by molar-refractivity contribution is 7.18. The number of carbonyl (C=O) groups excluding carboxylic acids is 1. The summed E-state index contributed by atoms with van der Waals surface area (Å²) in [7, 11) is 3.81. The van der Waals surface area contributed by atoms with Gasteiger partial charge < -0.3 is 24.4 Å². The molecule has 6 rings (SSSR count). The molecule has 1 saturated heterocycles. The molecule has 1 amide bonds. The third-order valence-electron chi connectivity index (χ3n) is 7.36. The van der Waals surface area contributed by atoms with Gasteiger partial charge in [-0.25, -0.2) is 0 Å². The van der Waals surface area contributed by atoms with Crippen LogP contribution in [0.2, 0.25) is 0 Å². The number of methoxy groups -OCH3 is 1. The topological polar surface area (TPSA) is 49.7 Å². The number of thiophene rings is 1. The normalized spacial score (nSPS) is 20.3. The van der Waals surface area contributed by atoms with Gasteiger partial charge in [-0.05, 0) is 69.2 Å². The van der Waals surface area contributed by atoms with E-state index in [2.05, 4.69) is 40.9 Å². The van der Waals surface area contributed by atoms with Crippen LogP contribution in [0.5, 0.6) is 5.75 Å².